The van der Waals surface area contributed by atoms with Crippen LogP contribution in [0.5, 0.6) is 0 Å². The number of rotatable bonds is 5. The Labute approximate surface area is 179 Å². The van der Waals surface area contributed by atoms with Crippen molar-refractivity contribution in [3.63, 3.8) is 0 Å². The molecule has 160 valence electrons. The molecule has 0 spiro atoms. The first-order valence-corrected chi connectivity index (χ1v) is 10.8. The van der Waals surface area contributed by atoms with Gasteiger partial charge in [-0.3, -0.25) is 14.9 Å². The topological polar surface area (TPSA) is 90.5 Å². The SMILES string of the molecule is O=c1c(Cl)c(N2CCC(OC3CCCCC3)CC2)cnn1-c1ccc([N+](=O)[O-])cc1. The fourth-order valence-corrected chi connectivity index (χ4v) is 4.50. The van der Waals surface area contributed by atoms with Gasteiger partial charge in [-0.15, -0.1) is 0 Å². The molecule has 9 heteroatoms. The van der Waals surface area contributed by atoms with E-state index in [1.807, 2.05) is 0 Å². The number of ether oxygens (including phenoxy) is 1. The highest BCUT2D eigenvalue weighted by Crippen LogP contribution is 2.28. The minimum atomic E-state index is -0.488. The van der Waals surface area contributed by atoms with E-state index in [1.165, 1.54) is 43.5 Å². The van der Waals surface area contributed by atoms with Crippen LogP contribution in [-0.4, -0.2) is 40.0 Å². The molecular weight excluding hydrogens is 408 g/mol. The summed E-state index contributed by atoms with van der Waals surface area (Å²) < 4.78 is 7.45. The lowest BCUT2D eigenvalue weighted by molar-refractivity contribution is -0.384. The Balaban J connectivity index is 1.43. The van der Waals surface area contributed by atoms with Gasteiger partial charge in [0.15, 0.2) is 0 Å². The number of hydrogen-bond donors (Lipinski definition) is 0. The number of aromatic nitrogens is 2. The van der Waals surface area contributed by atoms with Crippen LogP contribution in [0.3, 0.4) is 0 Å². The quantitative estimate of drug-likeness (QED) is 0.521. The van der Waals surface area contributed by atoms with Crippen molar-refractivity contribution in [2.24, 2.45) is 0 Å². The normalized spacial score (nSPS) is 18.5. The lowest BCUT2D eigenvalue weighted by atomic mass is 9.97. The molecule has 8 nitrogen and oxygen atoms in total. The lowest BCUT2D eigenvalue weighted by Gasteiger charge is -2.36. The summed E-state index contributed by atoms with van der Waals surface area (Å²) in [5.41, 5.74) is 0.561. The predicted molar refractivity (Wildman–Crippen MR) is 115 cm³/mol. The molecule has 0 atom stereocenters. The van der Waals surface area contributed by atoms with E-state index in [4.69, 9.17) is 16.3 Å². The largest absolute Gasteiger partial charge is 0.375 e. The first-order chi connectivity index (χ1) is 14.5. The van der Waals surface area contributed by atoms with Gasteiger partial charge in [-0.25, -0.2) is 0 Å². The molecule has 1 aliphatic carbocycles. The zero-order valence-corrected chi connectivity index (χ0v) is 17.5. The first-order valence-electron chi connectivity index (χ1n) is 10.5. The number of non-ortho nitro benzene ring substituents is 1. The highest BCUT2D eigenvalue weighted by atomic mass is 35.5. The van der Waals surface area contributed by atoms with E-state index in [2.05, 4.69) is 10.00 Å². The number of benzene rings is 1. The van der Waals surface area contributed by atoms with Gasteiger partial charge in [0.25, 0.3) is 11.2 Å². The Morgan fingerprint density at radius 3 is 2.30 bits per heavy atom. The minimum Gasteiger partial charge on any atom is -0.375 e. The number of nitrogens with zero attached hydrogens (tertiary/aromatic N) is 4. The Morgan fingerprint density at radius 1 is 1.03 bits per heavy atom. The summed E-state index contributed by atoms with van der Waals surface area (Å²) in [4.78, 5) is 25.2. The van der Waals surface area contributed by atoms with Crippen molar-refractivity contribution in [3.8, 4) is 5.69 Å². The third-order valence-corrected chi connectivity index (χ3v) is 6.28. The van der Waals surface area contributed by atoms with Gasteiger partial charge < -0.3 is 9.64 Å². The Morgan fingerprint density at radius 2 is 1.67 bits per heavy atom. The van der Waals surface area contributed by atoms with Crippen LogP contribution in [0.1, 0.15) is 44.9 Å². The molecular formula is C21H25ClN4O4. The fraction of sp³-hybridized carbons (Fsp3) is 0.524. The van der Waals surface area contributed by atoms with Gasteiger partial charge in [-0.05, 0) is 37.8 Å². The molecule has 1 saturated heterocycles. The standard InChI is InChI=1S/C21H25ClN4O4/c22-20-19(24-12-10-18(11-13-24)30-17-4-2-1-3-5-17)14-23-25(21(20)27)15-6-8-16(9-7-15)26(28)29/h6-9,14,17-18H,1-5,10-13H2. The fourth-order valence-electron chi connectivity index (χ4n) is 4.25. The van der Waals surface area contributed by atoms with Crippen LogP contribution in [0, 0.1) is 10.1 Å². The Bertz CT molecular complexity index is 948. The van der Waals surface area contributed by atoms with E-state index in [0.29, 0.717) is 17.5 Å². The van der Waals surface area contributed by atoms with Crippen molar-refractivity contribution < 1.29 is 9.66 Å². The van der Waals surface area contributed by atoms with Gasteiger partial charge in [0.2, 0.25) is 0 Å². The van der Waals surface area contributed by atoms with Crippen molar-refractivity contribution in [2.45, 2.75) is 57.2 Å². The molecule has 2 heterocycles. The van der Waals surface area contributed by atoms with Gasteiger partial charge in [-0.2, -0.15) is 9.78 Å². The molecule has 1 aromatic heterocycles. The maximum atomic E-state index is 12.8. The summed E-state index contributed by atoms with van der Waals surface area (Å²) in [6.45, 7) is 1.53. The second-order valence-electron chi connectivity index (χ2n) is 7.92. The molecule has 0 bridgehead atoms. The van der Waals surface area contributed by atoms with Crippen LogP contribution in [0.2, 0.25) is 5.02 Å². The number of halogens is 1. The number of piperidine rings is 1. The second-order valence-corrected chi connectivity index (χ2v) is 8.29. The average molecular weight is 433 g/mol. The van der Waals surface area contributed by atoms with Gasteiger partial charge in [0, 0.05) is 25.2 Å². The second kappa shape index (κ2) is 9.14. The lowest BCUT2D eigenvalue weighted by Crippen LogP contribution is -2.40. The predicted octanol–water partition coefficient (Wildman–Crippen LogP) is 4.11. The maximum Gasteiger partial charge on any atom is 0.292 e. The molecule has 2 aliphatic rings. The van der Waals surface area contributed by atoms with Crippen LogP contribution in [0.25, 0.3) is 5.69 Å². The van der Waals surface area contributed by atoms with E-state index < -0.39 is 10.5 Å². The molecule has 1 aliphatic heterocycles. The number of nitro benzene ring substituents is 1. The maximum absolute atomic E-state index is 12.8. The average Bonchev–Trinajstić information content (AvgIpc) is 2.77. The summed E-state index contributed by atoms with van der Waals surface area (Å²) in [7, 11) is 0. The molecule has 1 aromatic carbocycles. The Hall–Kier alpha value is -2.45. The number of hydrogen-bond acceptors (Lipinski definition) is 6. The van der Waals surface area contributed by atoms with Crippen LogP contribution in [0.15, 0.2) is 35.3 Å². The highest BCUT2D eigenvalue weighted by Gasteiger charge is 2.26. The molecule has 0 amide bonds. The molecule has 0 unspecified atom stereocenters. The summed E-state index contributed by atoms with van der Waals surface area (Å²) in [5.74, 6) is 0. The third kappa shape index (κ3) is 4.49. The van der Waals surface area contributed by atoms with Crippen LogP contribution in [0.4, 0.5) is 11.4 Å². The van der Waals surface area contributed by atoms with Gasteiger partial charge in [0.1, 0.15) is 5.02 Å². The number of nitro groups is 1. The zero-order chi connectivity index (χ0) is 21.1. The summed E-state index contributed by atoms with van der Waals surface area (Å²) in [6, 6.07) is 5.64. The van der Waals surface area contributed by atoms with Crippen molar-refractivity contribution in [1.29, 1.82) is 0 Å². The van der Waals surface area contributed by atoms with Crippen LogP contribution >= 0.6 is 11.6 Å². The number of anilines is 1. The monoisotopic (exact) mass is 432 g/mol. The van der Waals surface area contributed by atoms with Gasteiger partial charge in [0.05, 0.1) is 34.7 Å². The molecule has 0 N–H and O–H groups in total. The summed E-state index contributed by atoms with van der Waals surface area (Å²) in [5, 5.41) is 15.2. The molecule has 30 heavy (non-hydrogen) atoms. The van der Waals surface area contributed by atoms with Gasteiger partial charge in [-0.1, -0.05) is 30.9 Å². The Kier molecular flexibility index (Phi) is 6.34. The summed E-state index contributed by atoms with van der Waals surface area (Å²) in [6.07, 6.45) is 10.2. The smallest absolute Gasteiger partial charge is 0.292 e. The van der Waals surface area contributed by atoms with E-state index in [1.54, 1.807) is 6.20 Å². The highest BCUT2D eigenvalue weighted by molar-refractivity contribution is 6.33. The zero-order valence-electron chi connectivity index (χ0n) is 16.7. The molecule has 2 fully saturated rings. The molecule has 4 rings (SSSR count). The van der Waals surface area contributed by atoms with E-state index in [0.717, 1.165) is 43.5 Å². The van der Waals surface area contributed by atoms with Crippen molar-refractivity contribution in [3.05, 3.63) is 56.0 Å². The summed E-state index contributed by atoms with van der Waals surface area (Å²) >= 11 is 6.40. The van der Waals surface area contributed by atoms with Crippen molar-refractivity contribution in [1.82, 2.24) is 9.78 Å². The van der Waals surface area contributed by atoms with Crippen molar-refractivity contribution >= 4 is 23.0 Å². The minimum absolute atomic E-state index is 0.0483. The van der Waals surface area contributed by atoms with Gasteiger partial charge >= 0.3 is 0 Å². The van der Waals surface area contributed by atoms with E-state index >= 15 is 0 Å². The van der Waals surface area contributed by atoms with Crippen LogP contribution in [-0.2, 0) is 4.74 Å². The third-order valence-electron chi connectivity index (χ3n) is 5.93. The molecule has 1 saturated carbocycles. The first kappa shape index (κ1) is 20.8. The molecule has 2 aromatic rings. The van der Waals surface area contributed by atoms with E-state index in [9.17, 15) is 14.9 Å². The van der Waals surface area contributed by atoms with Crippen LogP contribution < -0.4 is 10.5 Å². The van der Waals surface area contributed by atoms with E-state index in [-0.39, 0.29) is 16.8 Å². The van der Waals surface area contributed by atoms with Crippen molar-refractivity contribution in [2.75, 3.05) is 18.0 Å². The molecule has 0 radical (unpaired) electrons.